The molecule has 1 fully saturated rings. The summed E-state index contributed by atoms with van der Waals surface area (Å²) in [5.74, 6) is 0.684. The van der Waals surface area contributed by atoms with E-state index in [2.05, 4.69) is 6.58 Å². The van der Waals surface area contributed by atoms with Gasteiger partial charge in [0.2, 0.25) is 0 Å². The first kappa shape index (κ1) is 13.3. The Morgan fingerprint density at radius 1 is 1.25 bits per heavy atom. The second-order valence-corrected chi connectivity index (χ2v) is 4.92. The van der Waals surface area contributed by atoms with Gasteiger partial charge in [-0.1, -0.05) is 45.1 Å². The van der Waals surface area contributed by atoms with Gasteiger partial charge in [0.1, 0.15) is 0 Å². The number of rotatable bonds is 6. The molecule has 1 aliphatic rings. The summed E-state index contributed by atoms with van der Waals surface area (Å²) >= 11 is 0. The van der Waals surface area contributed by atoms with Gasteiger partial charge < -0.3 is 4.74 Å². The minimum atomic E-state index is -0.252. The van der Waals surface area contributed by atoms with Crippen LogP contribution in [0.5, 0.6) is 0 Å². The topological polar surface area (TPSA) is 26.3 Å². The molecule has 0 aliphatic heterocycles. The number of esters is 1. The third-order valence-corrected chi connectivity index (χ3v) is 3.31. The molecular weight excluding hydrogens is 200 g/mol. The molecule has 0 unspecified atom stereocenters. The van der Waals surface area contributed by atoms with E-state index in [4.69, 9.17) is 4.74 Å². The Hall–Kier alpha value is -0.790. The van der Waals surface area contributed by atoms with Gasteiger partial charge in [-0.25, -0.2) is 4.79 Å². The average Bonchev–Trinajstić information content (AvgIpc) is 2.29. The fourth-order valence-corrected chi connectivity index (χ4v) is 2.30. The summed E-state index contributed by atoms with van der Waals surface area (Å²) in [6.07, 6.45) is 10.6. The lowest BCUT2D eigenvalue weighted by Crippen LogP contribution is -2.08. The normalized spacial score (nSPS) is 17.1. The van der Waals surface area contributed by atoms with Gasteiger partial charge in [-0.3, -0.25) is 0 Å². The minimum Gasteiger partial charge on any atom is -0.462 e. The second kappa shape index (κ2) is 7.48. The van der Waals surface area contributed by atoms with E-state index in [1.807, 2.05) is 0 Å². The summed E-state index contributed by atoms with van der Waals surface area (Å²) in [5, 5.41) is 0. The summed E-state index contributed by atoms with van der Waals surface area (Å²) in [6.45, 7) is 5.79. The van der Waals surface area contributed by atoms with E-state index < -0.39 is 0 Å². The lowest BCUT2D eigenvalue weighted by Gasteiger charge is -2.21. The third-order valence-electron chi connectivity index (χ3n) is 3.31. The molecule has 16 heavy (non-hydrogen) atoms. The van der Waals surface area contributed by atoms with E-state index in [1.54, 1.807) is 6.92 Å². The van der Waals surface area contributed by atoms with Crippen LogP contribution >= 0.6 is 0 Å². The Bertz CT molecular complexity index is 227. The SMILES string of the molecule is C=C(C)C(=O)OCCCCC1CCCCC1. The van der Waals surface area contributed by atoms with Crippen molar-refractivity contribution in [1.82, 2.24) is 0 Å². The van der Waals surface area contributed by atoms with Gasteiger partial charge in [0.25, 0.3) is 0 Å². The monoisotopic (exact) mass is 224 g/mol. The molecule has 1 aliphatic carbocycles. The maximum absolute atomic E-state index is 11.1. The lowest BCUT2D eigenvalue weighted by atomic mass is 9.86. The van der Waals surface area contributed by atoms with Gasteiger partial charge in [0, 0.05) is 5.57 Å². The summed E-state index contributed by atoms with van der Waals surface area (Å²) in [6, 6.07) is 0. The van der Waals surface area contributed by atoms with Gasteiger partial charge >= 0.3 is 5.97 Å². The Kier molecular flexibility index (Phi) is 6.20. The van der Waals surface area contributed by atoms with E-state index in [-0.39, 0.29) is 5.97 Å². The van der Waals surface area contributed by atoms with Crippen molar-refractivity contribution in [2.24, 2.45) is 5.92 Å². The molecule has 0 atom stereocenters. The van der Waals surface area contributed by atoms with Crippen molar-refractivity contribution in [3.63, 3.8) is 0 Å². The number of hydrogen-bond acceptors (Lipinski definition) is 2. The second-order valence-electron chi connectivity index (χ2n) is 4.92. The molecule has 0 amide bonds. The van der Waals surface area contributed by atoms with E-state index in [0.717, 1.165) is 12.3 Å². The molecule has 0 aromatic rings. The first-order valence-corrected chi connectivity index (χ1v) is 6.53. The Balaban J connectivity index is 1.95. The van der Waals surface area contributed by atoms with Crippen LogP contribution in [0.15, 0.2) is 12.2 Å². The van der Waals surface area contributed by atoms with E-state index in [0.29, 0.717) is 12.2 Å². The van der Waals surface area contributed by atoms with Crippen LogP contribution < -0.4 is 0 Å². The largest absolute Gasteiger partial charge is 0.462 e. The molecule has 1 rings (SSSR count). The molecule has 92 valence electrons. The first-order valence-electron chi connectivity index (χ1n) is 6.53. The molecule has 0 radical (unpaired) electrons. The molecule has 0 spiro atoms. The maximum atomic E-state index is 11.1. The van der Waals surface area contributed by atoms with Crippen LogP contribution in [-0.2, 0) is 9.53 Å². The number of ether oxygens (including phenoxy) is 1. The summed E-state index contributed by atoms with van der Waals surface area (Å²) in [5.41, 5.74) is 0.493. The molecule has 0 saturated heterocycles. The van der Waals surface area contributed by atoms with Gasteiger partial charge in [0.15, 0.2) is 0 Å². The van der Waals surface area contributed by atoms with Gasteiger partial charge in [-0.2, -0.15) is 0 Å². The van der Waals surface area contributed by atoms with Gasteiger partial charge in [0.05, 0.1) is 6.61 Å². The van der Waals surface area contributed by atoms with Crippen LogP contribution in [0.1, 0.15) is 58.3 Å². The number of hydrogen-bond donors (Lipinski definition) is 0. The van der Waals surface area contributed by atoms with E-state index in [9.17, 15) is 4.79 Å². The standard InChI is InChI=1S/C14H24O2/c1-12(2)14(15)16-11-7-6-10-13-8-4-3-5-9-13/h13H,1,3-11H2,2H3. The van der Waals surface area contributed by atoms with Crippen LogP contribution in [0.25, 0.3) is 0 Å². The fourth-order valence-electron chi connectivity index (χ4n) is 2.30. The molecule has 2 nitrogen and oxygen atoms in total. The molecule has 2 heteroatoms. The zero-order valence-corrected chi connectivity index (χ0v) is 10.5. The maximum Gasteiger partial charge on any atom is 0.333 e. The van der Waals surface area contributed by atoms with Crippen LogP contribution in [-0.4, -0.2) is 12.6 Å². The molecule has 1 saturated carbocycles. The lowest BCUT2D eigenvalue weighted by molar-refractivity contribution is -0.139. The highest BCUT2D eigenvalue weighted by molar-refractivity contribution is 5.86. The van der Waals surface area contributed by atoms with Crippen LogP contribution in [0, 0.1) is 5.92 Å². The van der Waals surface area contributed by atoms with Crippen LogP contribution in [0.4, 0.5) is 0 Å². The van der Waals surface area contributed by atoms with Crippen molar-refractivity contribution < 1.29 is 9.53 Å². The van der Waals surface area contributed by atoms with Crippen molar-refractivity contribution in [2.45, 2.75) is 58.3 Å². The van der Waals surface area contributed by atoms with Crippen LogP contribution in [0.3, 0.4) is 0 Å². The highest BCUT2D eigenvalue weighted by Gasteiger charge is 2.12. The molecule has 0 aromatic carbocycles. The fraction of sp³-hybridized carbons (Fsp3) is 0.786. The smallest absolute Gasteiger partial charge is 0.333 e. The summed E-state index contributed by atoms with van der Waals surface area (Å²) in [4.78, 5) is 11.1. The third kappa shape index (κ3) is 5.34. The average molecular weight is 224 g/mol. The quantitative estimate of drug-likeness (QED) is 0.389. The Morgan fingerprint density at radius 2 is 1.94 bits per heavy atom. The van der Waals surface area contributed by atoms with E-state index >= 15 is 0 Å². The zero-order valence-electron chi connectivity index (χ0n) is 10.5. The van der Waals surface area contributed by atoms with Crippen molar-refractivity contribution in [3.05, 3.63) is 12.2 Å². The predicted octanol–water partition coefficient (Wildman–Crippen LogP) is 3.86. The molecular formula is C14H24O2. The number of unbranched alkanes of at least 4 members (excludes halogenated alkanes) is 1. The van der Waals surface area contributed by atoms with Gasteiger partial charge in [-0.15, -0.1) is 0 Å². The molecule has 0 bridgehead atoms. The number of carbonyl (C=O) groups is 1. The van der Waals surface area contributed by atoms with Crippen LogP contribution in [0.2, 0.25) is 0 Å². The number of carbonyl (C=O) groups excluding carboxylic acids is 1. The van der Waals surface area contributed by atoms with Crippen molar-refractivity contribution in [3.8, 4) is 0 Å². The highest BCUT2D eigenvalue weighted by atomic mass is 16.5. The van der Waals surface area contributed by atoms with Crippen molar-refractivity contribution >= 4 is 5.97 Å². The predicted molar refractivity (Wildman–Crippen MR) is 66.2 cm³/mol. The zero-order chi connectivity index (χ0) is 11.8. The molecule has 0 heterocycles. The van der Waals surface area contributed by atoms with Crippen molar-refractivity contribution in [2.75, 3.05) is 6.61 Å². The molecule has 0 aromatic heterocycles. The first-order chi connectivity index (χ1) is 7.70. The minimum absolute atomic E-state index is 0.252. The van der Waals surface area contributed by atoms with E-state index in [1.165, 1.54) is 44.9 Å². The highest BCUT2D eigenvalue weighted by Crippen LogP contribution is 2.27. The summed E-state index contributed by atoms with van der Waals surface area (Å²) < 4.78 is 5.05. The van der Waals surface area contributed by atoms with Gasteiger partial charge in [-0.05, 0) is 25.7 Å². The van der Waals surface area contributed by atoms with Crippen molar-refractivity contribution in [1.29, 1.82) is 0 Å². The Morgan fingerprint density at radius 3 is 2.56 bits per heavy atom. The Labute approximate surface area is 99.1 Å². The summed E-state index contributed by atoms with van der Waals surface area (Å²) in [7, 11) is 0. The molecule has 0 N–H and O–H groups in total.